The molecule has 38 heavy (non-hydrogen) atoms. The van der Waals surface area contributed by atoms with E-state index >= 15 is 0 Å². The number of hydrogen-bond donors (Lipinski definition) is 2. The summed E-state index contributed by atoms with van der Waals surface area (Å²) in [5, 5.41) is 6.98. The van der Waals surface area contributed by atoms with Gasteiger partial charge in [-0.25, -0.2) is 4.98 Å². The standard InChI is InChI=1S/C30H27Cl2N3O3/c1-16-11-12-33-25(13-16)35-30(37)26-17(2)34-23-14-19(18-7-9-20(38-3)10-8-18)15-24(36)28(23)27(26)21-5-4-6-22(31)29(21)32/h4-13,19,27,34H,14-15H2,1-3H3,(H,33,35,37). The van der Waals surface area contributed by atoms with E-state index < -0.39 is 5.92 Å². The second-order valence-corrected chi connectivity index (χ2v) is 10.4. The van der Waals surface area contributed by atoms with Crippen LogP contribution in [0, 0.1) is 6.92 Å². The van der Waals surface area contributed by atoms with Crippen LogP contribution < -0.4 is 15.4 Å². The third-order valence-electron chi connectivity index (χ3n) is 7.11. The number of nitrogens with one attached hydrogen (secondary N) is 2. The van der Waals surface area contributed by atoms with Crippen LogP contribution in [-0.4, -0.2) is 23.8 Å². The zero-order chi connectivity index (χ0) is 27.0. The van der Waals surface area contributed by atoms with E-state index in [1.54, 1.807) is 31.5 Å². The van der Waals surface area contributed by atoms with E-state index in [2.05, 4.69) is 15.6 Å². The quantitative estimate of drug-likeness (QED) is 0.371. The number of anilines is 1. The molecule has 2 aliphatic rings. The van der Waals surface area contributed by atoms with Crippen LogP contribution in [0.1, 0.15) is 48.3 Å². The largest absolute Gasteiger partial charge is 0.497 e. The number of dihydropyridines is 1. The van der Waals surface area contributed by atoms with Gasteiger partial charge in [-0.15, -0.1) is 0 Å². The summed E-state index contributed by atoms with van der Waals surface area (Å²) in [6, 6.07) is 16.7. The minimum absolute atomic E-state index is 0.00481. The Morgan fingerprint density at radius 3 is 2.55 bits per heavy atom. The molecule has 0 fully saturated rings. The van der Waals surface area contributed by atoms with Gasteiger partial charge in [0.2, 0.25) is 0 Å². The van der Waals surface area contributed by atoms with Crippen molar-refractivity contribution < 1.29 is 14.3 Å². The lowest BCUT2D eigenvalue weighted by atomic mass is 9.71. The minimum Gasteiger partial charge on any atom is -0.497 e. The van der Waals surface area contributed by atoms with Crippen LogP contribution in [0.2, 0.25) is 10.0 Å². The number of halogens is 2. The molecule has 2 heterocycles. The number of nitrogens with zero attached hydrogens (tertiary/aromatic N) is 1. The van der Waals surface area contributed by atoms with Gasteiger partial charge in [-0.3, -0.25) is 9.59 Å². The van der Waals surface area contributed by atoms with E-state index in [1.165, 1.54) is 0 Å². The molecule has 0 radical (unpaired) electrons. The summed E-state index contributed by atoms with van der Waals surface area (Å²) in [6.45, 7) is 3.77. The van der Waals surface area contributed by atoms with Gasteiger partial charge >= 0.3 is 0 Å². The Hall–Kier alpha value is -3.61. The summed E-state index contributed by atoms with van der Waals surface area (Å²) in [4.78, 5) is 31.8. The normalized spacial score (nSPS) is 19.1. The van der Waals surface area contributed by atoms with E-state index in [4.69, 9.17) is 27.9 Å². The lowest BCUT2D eigenvalue weighted by Gasteiger charge is -2.37. The average molecular weight is 548 g/mol. The van der Waals surface area contributed by atoms with Crippen LogP contribution in [0.15, 0.2) is 83.3 Å². The highest BCUT2D eigenvalue weighted by Crippen LogP contribution is 2.48. The minimum atomic E-state index is -0.674. The van der Waals surface area contributed by atoms with Gasteiger partial charge in [-0.1, -0.05) is 47.5 Å². The number of ketones is 1. The third kappa shape index (κ3) is 4.94. The van der Waals surface area contributed by atoms with Crippen LogP contribution >= 0.6 is 23.2 Å². The molecule has 6 nitrogen and oxygen atoms in total. The molecule has 3 aromatic rings. The molecule has 0 bridgehead atoms. The molecule has 2 aromatic carbocycles. The summed E-state index contributed by atoms with van der Waals surface area (Å²) in [7, 11) is 1.63. The molecule has 0 saturated heterocycles. The number of Topliss-reactive ketones (excluding diaryl/α,β-unsaturated/α-hetero) is 1. The topological polar surface area (TPSA) is 80.3 Å². The van der Waals surface area contributed by atoms with Crippen molar-refractivity contribution in [3.63, 3.8) is 0 Å². The summed E-state index contributed by atoms with van der Waals surface area (Å²) >= 11 is 13.1. The number of ether oxygens (including phenoxy) is 1. The maximum atomic E-state index is 13.8. The molecule has 0 saturated carbocycles. The number of amides is 1. The van der Waals surface area contributed by atoms with Gasteiger partial charge in [0.1, 0.15) is 11.6 Å². The summed E-state index contributed by atoms with van der Waals surface area (Å²) in [5.41, 5.74) is 5.05. The van der Waals surface area contributed by atoms with E-state index in [9.17, 15) is 9.59 Å². The summed E-state index contributed by atoms with van der Waals surface area (Å²) < 4.78 is 5.28. The first kappa shape index (κ1) is 26.0. The predicted octanol–water partition coefficient (Wildman–Crippen LogP) is 6.71. The first-order valence-corrected chi connectivity index (χ1v) is 13.1. The van der Waals surface area contributed by atoms with Crippen LogP contribution in [0.25, 0.3) is 0 Å². The number of carbonyl (C=O) groups is 2. The fourth-order valence-corrected chi connectivity index (χ4v) is 5.71. The van der Waals surface area contributed by atoms with Crippen molar-refractivity contribution >= 4 is 40.7 Å². The van der Waals surface area contributed by atoms with Gasteiger partial charge < -0.3 is 15.4 Å². The Labute approximate surface area is 231 Å². The van der Waals surface area contributed by atoms with Crippen LogP contribution in [0.5, 0.6) is 5.75 Å². The summed E-state index contributed by atoms with van der Waals surface area (Å²) in [5.74, 6) is 0.125. The van der Waals surface area contributed by atoms with E-state index in [0.29, 0.717) is 51.1 Å². The fourth-order valence-electron chi connectivity index (χ4n) is 5.29. The molecule has 194 valence electrons. The van der Waals surface area contributed by atoms with Gasteiger partial charge in [-0.05, 0) is 73.2 Å². The van der Waals surface area contributed by atoms with Crippen molar-refractivity contribution in [3.8, 4) is 5.75 Å². The molecule has 5 rings (SSSR count). The van der Waals surface area contributed by atoms with Crippen molar-refractivity contribution in [3.05, 3.63) is 110 Å². The van der Waals surface area contributed by atoms with Crippen LogP contribution in [-0.2, 0) is 9.59 Å². The lowest BCUT2D eigenvalue weighted by Crippen LogP contribution is -2.37. The molecular formula is C30H27Cl2N3O3. The Bertz CT molecular complexity index is 1490. The number of allylic oxidation sites excluding steroid dienone is 3. The maximum absolute atomic E-state index is 13.8. The van der Waals surface area contributed by atoms with Crippen molar-refractivity contribution in [1.29, 1.82) is 0 Å². The molecule has 1 aromatic heterocycles. The SMILES string of the molecule is COc1ccc(C2CC(=O)C3=C(C2)NC(C)=C(C(=O)Nc2cc(C)ccn2)C3c2cccc(Cl)c2Cl)cc1. The number of methoxy groups -OCH3 is 1. The van der Waals surface area contributed by atoms with E-state index in [1.807, 2.05) is 50.2 Å². The van der Waals surface area contributed by atoms with E-state index in [-0.39, 0.29) is 17.6 Å². The monoisotopic (exact) mass is 547 g/mol. The van der Waals surface area contributed by atoms with Crippen molar-refractivity contribution in [1.82, 2.24) is 10.3 Å². The number of aromatic nitrogens is 1. The zero-order valence-corrected chi connectivity index (χ0v) is 22.8. The number of pyridine rings is 1. The highest BCUT2D eigenvalue weighted by Gasteiger charge is 2.41. The Morgan fingerprint density at radius 1 is 1.08 bits per heavy atom. The fraction of sp³-hybridized carbons (Fsp3) is 0.233. The molecule has 1 amide bonds. The summed E-state index contributed by atoms with van der Waals surface area (Å²) in [6.07, 6.45) is 2.57. The van der Waals surface area contributed by atoms with Crippen molar-refractivity contribution in [2.24, 2.45) is 0 Å². The molecule has 0 spiro atoms. The third-order valence-corrected chi connectivity index (χ3v) is 7.94. The van der Waals surface area contributed by atoms with Crippen molar-refractivity contribution in [2.75, 3.05) is 12.4 Å². The second kappa shape index (κ2) is 10.6. The molecule has 1 aliphatic carbocycles. The molecule has 2 unspecified atom stereocenters. The smallest absolute Gasteiger partial charge is 0.255 e. The van der Waals surface area contributed by atoms with Crippen LogP contribution in [0.3, 0.4) is 0 Å². The van der Waals surface area contributed by atoms with Crippen molar-refractivity contribution in [2.45, 2.75) is 38.5 Å². The average Bonchev–Trinajstić information content (AvgIpc) is 2.89. The molecular weight excluding hydrogens is 521 g/mol. The molecule has 8 heteroatoms. The second-order valence-electron chi connectivity index (χ2n) is 9.61. The zero-order valence-electron chi connectivity index (χ0n) is 21.3. The first-order chi connectivity index (χ1) is 18.3. The van der Waals surface area contributed by atoms with Gasteiger partial charge in [0, 0.05) is 41.1 Å². The number of carbonyl (C=O) groups excluding carboxylic acids is 2. The maximum Gasteiger partial charge on any atom is 0.255 e. The van der Waals surface area contributed by atoms with Gasteiger partial charge in [0.25, 0.3) is 5.91 Å². The van der Waals surface area contributed by atoms with Gasteiger partial charge in [-0.2, -0.15) is 0 Å². The Balaban J connectivity index is 1.57. The predicted molar refractivity (Wildman–Crippen MR) is 150 cm³/mol. The van der Waals surface area contributed by atoms with Gasteiger partial charge in [0.05, 0.1) is 17.2 Å². The van der Waals surface area contributed by atoms with Gasteiger partial charge in [0.15, 0.2) is 5.78 Å². The highest BCUT2D eigenvalue weighted by atomic mass is 35.5. The number of hydrogen-bond acceptors (Lipinski definition) is 5. The molecule has 1 aliphatic heterocycles. The lowest BCUT2D eigenvalue weighted by molar-refractivity contribution is -0.116. The molecule has 2 atom stereocenters. The Morgan fingerprint density at radius 2 is 1.84 bits per heavy atom. The number of aryl methyl sites for hydroxylation is 1. The first-order valence-electron chi connectivity index (χ1n) is 12.3. The number of benzene rings is 2. The van der Waals surface area contributed by atoms with Crippen LogP contribution in [0.4, 0.5) is 5.82 Å². The highest BCUT2D eigenvalue weighted by molar-refractivity contribution is 6.42. The number of rotatable bonds is 5. The Kier molecular flexibility index (Phi) is 7.28. The van der Waals surface area contributed by atoms with E-state index in [0.717, 1.165) is 22.6 Å². The molecule has 2 N–H and O–H groups in total.